The van der Waals surface area contributed by atoms with Crippen LogP contribution in [0.3, 0.4) is 0 Å². The van der Waals surface area contributed by atoms with E-state index in [-0.39, 0.29) is 11.3 Å². The van der Waals surface area contributed by atoms with Crippen LogP contribution >= 0.6 is 0 Å². The summed E-state index contributed by atoms with van der Waals surface area (Å²) in [6, 6.07) is 2.15. The third kappa shape index (κ3) is 1.65. The van der Waals surface area contributed by atoms with Crippen LogP contribution in [0.15, 0.2) is 12.1 Å². The Hall–Kier alpha value is -1.29. The lowest BCUT2D eigenvalue weighted by atomic mass is 10.0. The zero-order valence-corrected chi connectivity index (χ0v) is 7.63. The normalized spacial score (nSPS) is 18.1. The van der Waals surface area contributed by atoms with Gasteiger partial charge in [0.15, 0.2) is 11.6 Å². The summed E-state index contributed by atoms with van der Waals surface area (Å²) in [7, 11) is 0. The van der Waals surface area contributed by atoms with Crippen molar-refractivity contribution in [1.82, 2.24) is 0 Å². The molecule has 0 bridgehead atoms. The molecule has 1 aliphatic rings. The second-order valence-electron chi connectivity index (χ2n) is 3.97. The summed E-state index contributed by atoms with van der Waals surface area (Å²) < 4.78 is 12.8. The van der Waals surface area contributed by atoms with Crippen molar-refractivity contribution in [3.8, 4) is 11.5 Å². The number of phenolic OH excluding ortho intramolecular Hbond substituents is 2. The molecule has 4 heteroatoms. The van der Waals surface area contributed by atoms with Crippen LogP contribution in [0, 0.1) is 5.82 Å². The van der Waals surface area contributed by atoms with E-state index in [2.05, 4.69) is 0 Å². The van der Waals surface area contributed by atoms with Crippen molar-refractivity contribution < 1.29 is 14.6 Å². The molecule has 3 nitrogen and oxygen atoms in total. The Balaban J connectivity index is 2.29. The first-order chi connectivity index (χ1) is 6.50. The molecule has 0 amide bonds. The maximum Gasteiger partial charge on any atom is 0.168 e. The van der Waals surface area contributed by atoms with E-state index < -0.39 is 11.6 Å². The molecule has 1 aliphatic carbocycles. The van der Waals surface area contributed by atoms with Crippen molar-refractivity contribution in [2.24, 2.45) is 5.73 Å². The van der Waals surface area contributed by atoms with Crippen LogP contribution < -0.4 is 5.73 Å². The average Bonchev–Trinajstić information content (AvgIpc) is 2.80. The highest BCUT2D eigenvalue weighted by molar-refractivity contribution is 5.41. The van der Waals surface area contributed by atoms with E-state index in [4.69, 9.17) is 10.8 Å². The zero-order valence-electron chi connectivity index (χ0n) is 7.63. The summed E-state index contributed by atoms with van der Waals surface area (Å²) in [6.07, 6.45) is 2.29. The highest BCUT2D eigenvalue weighted by Crippen LogP contribution is 2.38. The highest BCUT2D eigenvalue weighted by atomic mass is 19.1. The maximum absolute atomic E-state index is 12.8. The first-order valence-corrected chi connectivity index (χ1v) is 4.49. The molecule has 1 fully saturated rings. The minimum absolute atomic E-state index is 0.142. The molecule has 1 aromatic carbocycles. The van der Waals surface area contributed by atoms with Crippen molar-refractivity contribution >= 4 is 0 Å². The van der Waals surface area contributed by atoms with Gasteiger partial charge in [-0.2, -0.15) is 0 Å². The molecule has 0 aromatic heterocycles. The fraction of sp³-hybridized carbons (Fsp3) is 0.400. The van der Waals surface area contributed by atoms with Gasteiger partial charge in [0.2, 0.25) is 0 Å². The Morgan fingerprint density at radius 1 is 1.29 bits per heavy atom. The number of hydrogen-bond donors (Lipinski definition) is 3. The topological polar surface area (TPSA) is 66.5 Å². The maximum atomic E-state index is 12.8. The molecule has 0 unspecified atom stereocenters. The summed E-state index contributed by atoms with van der Waals surface area (Å²) in [6.45, 7) is 0. The van der Waals surface area contributed by atoms with Crippen LogP contribution in [0.1, 0.15) is 18.4 Å². The highest BCUT2D eigenvalue weighted by Gasteiger charge is 2.38. The van der Waals surface area contributed by atoms with E-state index >= 15 is 0 Å². The van der Waals surface area contributed by atoms with Crippen LogP contribution in [-0.4, -0.2) is 15.8 Å². The molecule has 76 valence electrons. The second kappa shape index (κ2) is 2.85. The van der Waals surface area contributed by atoms with Crippen molar-refractivity contribution in [3.63, 3.8) is 0 Å². The molecule has 1 aromatic rings. The lowest BCUT2D eigenvalue weighted by Gasteiger charge is -2.10. The van der Waals surface area contributed by atoms with E-state index in [9.17, 15) is 9.50 Å². The molecule has 0 saturated heterocycles. The van der Waals surface area contributed by atoms with Crippen molar-refractivity contribution in [2.45, 2.75) is 24.8 Å². The number of aromatic hydroxyl groups is 2. The van der Waals surface area contributed by atoms with Gasteiger partial charge in [-0.15, -0.1) is 0 Å². The summed E-state index contributed by atoms with van der Waals surface area (Å²) in [4.78, 5) is 0. The quantitative estimate of drug-likeness (QED) is 0.625. The summed E-state index contributed by atoms with van der Waals surface area (Å²) >= 11 is 0. The monoisotopic (exact) mass is 197 g/mol. The van der Waals surface area contributed by atoms with Gasteiger partial charge in [-0.25, -0.2) is 4.39 Å². The van der Waals surface area contributed by atoms with Gasteiger partial charge in [0.05, 0.1) is 0 Å². The Bertz CT molecular complexity index is 375. The minimum Gasteiger partial charge on any atom is -0.508 e. The van der Waals surface area contributed by atoms with Gasteiger partial charge in [0.1, 0.15) is 5.75 Å². The minimum atomic E-state index is -0.812. The van der Waals surface area contributed by atoms with Gasteiger partial charge in [-0.1, -0.05) is 0 Å². The molecule has 14 heavy (non-hydrogen) atoms. The predicted molar refractivity (Wildman–Crippen MR) is 49.6 cm³/mol. The largest absolute Gasteiger partial charge is 0.508 e. The number of halogens is 1. The fourth-order valence-electron chi connectivity index (χ4n) is 1.45. The number of phenols is 2. The van der Waals surface area contributed by atoms with E-state index in [1.807, 2.05) is 0 Å². The van der Waals surface area contributed by atoms with Gasteiger partial charge in [-0.3, -0.25) is 0 Å². The van der Waals surface area contributed by atoms with Gasteiger partial charge >= 0.3 is 0 Å². The molecule has 2 rings (SSSR count). The number of hydrogen-bond acceptors (Lipinski definition) is 3. The fourth-order valence-corrected chi connectivity index (χ4v) is 1.45. The number of rotatable bonds is 2. The van der Waals surface area contributed by atoms with Crippen LogP contribution in [0.4, 0.5) is 4.39 Å². The summed E-state index contributed by atoms with van der Waals surface area (Å²) in [5, 5.41) is 18.5. The van der Waals surface area contributed by atoms with E-state index in [1.54, 1.807) is 0 Å². The standard InChI is InChI=1S/C10H12FNO2/c11-7-4-8(13)6(3-9(7)14)5-10(12)1-2-10/h3-4,13-14H,1-2,5,12H2. The number of benzene rings is 1. The molecule has 4 N–H and O–H groups in total. The molecule has 0 atom stereocenters. The van der Waals surface area contributed by atoms with Gasteiger partial charge in [0.25, 0.3) is 0 Å². The van der Waals surface area contributed by atoms with Crippen LogP contribution in [0.2, 0.25) is 0 Å². The van der Waals surface area contributed by atoms with E-state index in [0.717, 1.165) is 18.9 Å². The predicted octanol–water partition coefficient (Wildman–Crippen LogP) is 1.27. The molecule has 0 radical (unpaired) electrons. The third-order valence-corrected chi connectivity index (χ3v) is 2.58. The van der Waals surface area contributed by atoms with E-state index in [1.165, 1.54) is 6.07 Å². The Morgan fingerprint density at radius 2 is 1.93 bits per heavy atom. The molecular formula is C10H12FNO2. The summed E-state index contributed by atoms with van der Waals surface area (Å²) in [5.41, 5.74) is 6.09. The number of nitrogens with two attached hydrogens (primary N) is 1. The third-order valence-electron chi connectivity index (χ3n) is 2.58. The molecule has 1 saturated carbocycles. The van der Waals surface area contributed by atoms with Crippen molar-refractivity contribution in [3.05, 3.63) is 23.5 Å². The van der Waals surface area contributed by atoms with Crippen LogP contribution in [0.25, 0.3) is 0 Å². The first-order valence-electron chi connectivity index (χ1n) is 4.49. The van der Waals surface area contributed by atoms with E-state index in [0.29, 0.717) is 12.0 Å². The van der Waals surface area contributed by atoms with Crippen molar-refractivity contribution in [1.29, 1.82) is 0 Å². The molecule has 0 heterocycles. The molecule has 0 spiro atoms. The second-order valence-corrected chi connectivity index (χ2v) is 3.97. The van der Waals surface area contributed by atoms with Crippen LogP contribution in [-0.2, 0) is 6.42 Å². The zero-order chi connectivity index (χ0) is 10.3. The smallest absolute Gasteiger partial charge is 0.168 e. The van der Waals surface area contributed by atoms with Gasteiger partial charge in [0, 0.05) is 11.6 Å². The lowest BCUT2D eigenvalue weighted by Crippen LogP contribution is -2.24. The Morgan fingerprint density at radius 3 is 2.50 bits per heavy atom. The lowest BCUT2D eigenvalue weighted by molar-refractivity contribution is 0.416. The average molecular weight is 197 g/mol. The Labute approximate surface area is 81.0 Å². The first kappa shape index (κ1) is 9.27. The van der Waals surface area contributed by atoms with Crippen molar-refractivity contribution in [2.75, 3.05) is 0 Å². The Kier molecular flexibility index (Phi) is 1.89. The molecule has 0 aliphatic heterocycles. The van der Waals surface area contributed by atoms with Crippen LogP contribution in [0.5, 0.6) is 11.5 Å². The summed E-state index contributed by atoms with van der Waals surface area (Å²) in [5.74, 6) is -1.40. The van der Waals surface area contributed by atoms with Gasteiger partial charge in [-0.05, 0) is 30.9 Å². The SMILES string of the molecule is NC1(Cc2cc(O)c(F)cc2O)CC1. The van der Waals surface area contributed by atoms with Gasteiger partial charge < -0.3 is 15.9 Å². The molecular weight excluding hydrogens is 185 g/mol.